The number of nitrogens with one attached hydrogen (secondary N) is 1. The van der Waals surface area contributed by atoms with Gasteiger partial charge in [0, 0.05) is 0 Å². The molecule has 0 aromatic heterocycles. The molecule has 1 aromatic carbocycles. The highest BCUT2D eigenvalue weighted by Crippen LogP contribution is 2.20. The van der Waals surface area contributed by atoms with Gasteiger partial charge in [0.25, 0.3) is 0 Å². The Balaban J connectivity index is 2.81. The Morgan fingerprint density at radius 1 is 1.50 bits per heavy atom. The predicted molar refractivity (Wildman–Crippen MR) is 59.6 cm³/mol. The van der Waals surface area contributed by atoms with Crippen LogP contribution < -0.4 is 5.32 Å². The lowest BCUT2D eigenvalue weighted by Gasteiger charge is -2.26. The number of hydrogen-bond donors (Lipinski definition) is 1. The molecule has 0 aliphatic rings. The number of carbonyl (C=O) groups excluding carboxylic acids is 1. The number of alkyl carbamates (subject to hydrolysis) is 1. The molecule has 1 amide bonds. The first-order valence-corrected chi connectivity index (χ1v) is 5.16. The number of rotatable bonds is 3. The highest BCUT2D eigenvalue weighted by Gasteiger charge is 2.23. The molecule has 1 rings (SSSR count). The lowest BCUT2D eigenvalue weighted by molar-refractivity contribution is 0.141. The van der Waals surface area contributed by atoms with E-state index in [1.807, 2.05) is 0 Å². The van der Waals surface area contributed by atoms with E-state index in [2.05, 4.69) is 5.32 Å². The minimum absolute atomic E-state index is 0.311. The molecule has 0 fully saturated rings. The van der Waals surface area contributed by atoms with Gasteiger partial charge in [-0.3, -0.25) is 0 Å². The van der Waals surface area contributed by atoms with Crippen LogP contribution in [-0.2, 0) is 10.3 Å². The van der Waals surface area contributed by atoms with Gasteiger partial charge in [-0.25, -0.2) is 9.18 Å². The summed E-state index contributed by atoms with van der Waals surface area (Å²) in [5, 5.41) is 2.67. The van der Waals surface area contributed by atoms with E-state index < -0.39 is 11.6 Å². The van der Waals surface area contributed by atoms with Crippen molar-refractivity contribution in [1.29, 1.82) is 0 Å². The summed E-state index contributed by atoms with van der Waals surface area (Å²) in [5.74, 6) is -0.323. The van der Waals surface area contributed by atoms with E-state index >= 15 is 0 Å². The Morgan fingerprint density at radius 2 is 2.19 bits per heavy atom. The van der Waals surface area contributed by atoms with Crippen molar-refractivity contribution in [3.8, 4) is 0 Å². The van der Waals surface area contributed by atoms with Crippen molar-refractivity contribution < 1.29 is 13.9 Å². The fraction of sp³-hybridized carbons (Fsp3) is 0.417. The fourth-order valence-corrected chi connectivity index (χ4v) is 1.37. The van der Waals surface area contributed by atoms with Gasteiger partial charge in [0.05, 0.1) is 12.1 Å². The maximum absolute atomic E-state index is 13.0. The third-order valence-corrected chi connectivity index (χ3v) is 2.24. The Morgan fingerprint density at radius 3 is 2.75 bits per heavy atom. The average molecular weight is 225 g/mol. The molecule has 88 valence electrons. The van der Waals surface area contributed by atoms with Crippen molar-refractivity contribution in [3.63, 3.8) is 0 Å². The number of amides is 1. The van der Waals surface area contributed by atoms with E-state index in [0.717, 1.165) is 0 Å². The minimum Gasteiger partial charge on any atom is -0.450 e. The summed E-state index contributed by atoms with van der Waals surface area (Å²) in [5.41, 5.74) is 0.0366. The van der Waals surface area contributed by atoms with Crippen LogP contribution in [0.2, 0.25) is 0 Å². The first-order valence-electron chi connectivity index (χ1n) is 5.16. The topological polar surface area (TPSA) is 38.3 Å². The lowest BCUT2D eigenvalue weighted by Crippen LogP contribution is -2.41. The van der Waals surface area contributed by atoms with Crippen molar-refractivity contribution in [2.75, 3.05) is 6.61 Å². The first kappa shape index (κ1) is 12.5. The largest absolute Gasteiger partial charge is 0.450 e. The molecule has 0 heterocycles. The van der Waals surface area contributed by atoms with Crippen LogP contribution in [0.25, 0.3) is 0 Å². The highest BCUT2D eigenvalue weighted by atomic mass is 19.1. The quantitative estimate of drug-likeness (QED) is 0.859. The van der Waals surface area contributed by atoms with Crippen LogP contribution in [0, 0.1) is 5.82 Å². The van der Waals surface area contributed by atoms with E-state index in [-0.39, 0.29) is 5.82 Å². The van der Waals surface area contributed by atoms with Crippen LogP contribution in [0.4, 0.5) is 9.18 Å². The maximum atomic E-state index is 13.0. The van der Waals surface area contributed by atoms with Gasteiger partial charge in [-0.1, -0.05) is 12.1 Å². The Bertz CT molecular complexity index is 377. The van der Waals surface area contributed by atoms with Crippen LogP contribution in [0.1, 0.15) is 26.3 Å². The third-order valence-electron chi connectivity index (χ3n) is 2.24. The second-order valence-electron chi connectivity index (χ2n) is 3.98. The van der Waals surface area contributed by atoms with Gasteiger partial charge in [0.15, 0.2) is 0 Å². The van der Waals surface area contributed by atoms with E-state index in [0.29, 0.717) is 12.2 Å². The highest BCUT2D eigenvalue weighted by molar-refractivity contribution is 5.68. The van der Waals surface area contributed by atoms with Crippen LogP contribution in [0.5, 0.6) is 0 Å². The van der Waals surface area contributed by atoms with Gasteiger partial charge >= 0.3 is 6.09 Å². The molecular weight excluding hydrogens is 209 g/mol. The summed E-state index contributed by atoms with van der Waals surface area (Å²) in [4.78, 5) is 11.3. The van der Waals surface area contributed by atoms with E-state index in [1.165, 1.54) is 12.1 Å². The van der Waals surface area contributed by atoms with Crippen LogP contribution in [0.3, 0.4) is 0 Å². The summed E-state index contributed by atoms with van der Waals surface area (Å²) in [6, 6.07) is 6.13. The number of ether oxygens (including phenoxy) is 1. The second kappa shape index (κ2) is 4.96. The molecule has 4 heteroatoms. The zero-order chi connectivity index (χ0) is 12.2. The lowest BCUT2D eigenvalue weighted by atomic mass is 9.94. The molecule has 0 atom stereocenters. The molecule has 0 aliphatic carbocycles. The summed E-state index contributed by atoms with van der Waals surface area (Å²) >= 11 is 0. The molecule has 0 unspecified atom stereocenters. The normalized spacial score (nSPS) is 11.0. The van der Waals surface area contributed by atoms with Gasteiger partial charge in [0.1, 0.15) is 5.82 Å². The fourth-order valence-electron chi connectivity index (χ4n) is 1.37. The zero-order valence-electron chi connectivity index (χ0n) is 9.71. The summed E-state index contributed by atoms with van der Waals surface area (Å²) < 4.78 is 17.8. The molecular formula is C12H16FNO2. The molecule has 0 saturated heterocycles. The van der Waals surface area contributed by atoms with Crippen LogP contribution in [-0.4, -0.2) is 12.7 Å². The number of carbonyl (C=O) groups is 1. The van der Waals surface area contributed by atoms with Gasteiger partial charge in [-0.05, 0) is 38.5 Å². The van der Waals surface area contributed by atoms with E-state index in [1.54, 1.807) is 32.9 Å². The standard InChI is InChI=1S/C12H16FNO2/c1-4-16-11(15)14-12(2,3)9-6-5-7-10(13)8-9/h5-8H,4H2,1-3H3,(H,14,15). The summed E-state index contributed by atoms with van der Waals surface area (Å²) in [6.07, 6.45) is -0.503. The van der Waals surface area contributed by atoms with Crippen molar-refractivity contribution >= 4 is 6.09 Å². The van der Waals surface area contributed by atoms with Gasteiger partial charge in [-0.15, -0.1) is 0 Å². The molecule has 0 radical (unpaired) electrons. The van der Waals surface area contributed by atoms with Gasteiger partial charge in [0.2, 0.25) is 0 Å². The third kappa shape index (κ3) is 3.22. The first-order chi connectivity index (χ1) is 7.45. The molecule has 0 spiro atoms. The SMILES string of the molecule is CCOC(=O)NC(C)(C)c1cccc(F)c1. The van der Waals surface area contributed by atoms with Crippen LogP contribution in [0.15, 0.2) is 24.3 Å². The predicted octanol–water partition coefficient (Wildman–Crippen LogP) is 2.81. The molecule has 0 aliphatic heterocycles. The number of hydrogen-bond acceptors (Lipinski definition) is 2. The van der Waals surface area contributed by atoms with Crippen molar-refractivity contribution in [2.45, 2.75) is 26.3 Å². The minimum atomic E-state index is -0.658. The van der Waals surface area contributed by atoms with Gasteiger partial charge in [-0.2, -0.15) is 0 Å². The van der Waals surface area contributed by atoms with E-state index in [4.69, 9.17) is 4.74 Å². The second-order valence-corrected chi connectivity index (χ2v) is 3.98. The molecule has 3 nitrogen and oxygen atoms in total. The summed E-state index contributed by atoms with van der Waals surface area (Å²) in [6.45, 7) is 5.62. The maximum Gasteiger partial charge on any atom is 0.407 e. The molecule has 0 bridgehead atoms. The average Bonchev–Trinajstić information content (AvgIpc) is 2.17. The number of benzene rings is 1. The van der Waals surface area contributed by atoms with Crippen molar-refractivity contribution in [3.05, 3.63) is 35.6 Å². The Labute approximate surface area is 94.6 Å². The zero-order valence-corrected chi connectivity index (χ0v) is 9.71. The van der Waals surface area contributed by atoms with Crippen molar-refractivity contribution in [1.82, 2.24) is 5.32 Å². The monoisotopic (exact) mass is 225 g/mol. The smallest absolute Gasteiger partial charge is 0.407 e. The number of halogens is 1. The van der Waals surface area contributed by atoms with Crippen molar-refractivity contribution in [2.24, 2.45) is 0 Å². The Kier molecular flexibility index (Phi) is 3.88. The van der Waals surface area contributed by atoms with E-state index in [9.17, 15) is 9.18 Å². The molecule has 16 heavy (non-hydrogen) atoms. The molecule has 1 N–H and O–H groups in total. The van der Waals surface area contributed by atoms with Gasteiger partial charge < -0.3 is 10.1 Å². The molecule has 0 saturated carbocycles. The van der Waals surface area contributed by atoms with Crippen LogP contribution >= 0.6 is 0 Å². The Hall–Kier alpha value is -1.58. The summed E-state index contributed by atoms with van der Waals surface area (Å²) in [7, 11) is 0. The molecule has 1 aromatic rings.